The molecule has 1 fully saturated rings. The molecule has 1 saturated heterocycles. The number of anilines is 1. The largest absolute Gasteiger partial charge is 0.493 e. The molecule has 1 atom stereocenters. The SMILES string of the molecule is CCN(c1ccc(C(=O)NCC(c2ccc(OC)c(OC)c2)N2CCOCC2)cc1)C(C)C. The van der Waals surface area contributed by atoms with Crippen molar-refractivity contribution in [3.8, 4) is 11.5 Å². The number of amides is 1. The maximum Gasteiger partial charge on any atom is 0.251 e. The Morgan fingerprint density at radius 3 is 2.30 bits per heavy atom. The van der Waals surface area contributed by atoms with Crippen LogP contribution in [0.1, 0.15) is 42.7 Å². The van der Waals surface area contributed by atoms with Crippen molar-refractivity contribution in [1.29, 1.82) is 0 Å². The summed E-state index contributed by atoms with van der Waals surface area (Å²) in [4.78, 5) is 17.6. The predicted octanol–water partition coefficient (Wildman–Crippen LogP) is 3.74. The molecule has 1 heterocycles. The fourth-order valence-corrected chi connectivity index (χ4v) is 4.35. The number of nitrogens with zero attached hydrogens (tertiary/aromatic N) is 2. The van der Waals surface area contributed by atoms with Crippen molar-refractivity contribution in [3.63, 3.8) is 0 Å². The lowest BCUT2D eigenvalue weighted by Crippen LogP contribution is -2.43. The first-order chi connectivity index (χ1) is 16.0. The average molecular weight is 456 g/mol. The molecule has 1 N–H and O–H groups in total. The van der Waals surface area contributed by atoms with E-state index in [1.54, 1.807) is 14.2 Å². The topological polar surface area (TPSA) is 63.3 Å². The van der Waals surface area contributed by atoms with Crippen molar-refractivity contribution in [2.24, 2.45) is 0 Å². The fraction of sp³-hybridized carbons (Fsp3) is 0.500. The number of methoxy groups -OCH3 is 2. The minimum atomic E-state index is -0.0760. The van der Waals surface area contributed by atoms with E-state index in [1.807, 2.05) is 42.5 Å². The summed E-state index contributed by atoms with van der Waals surface area (Å²) >= 11 is 0. The Morgan fingerprint density at radius 1 is 1.06 bits per heavy atom. The summed E-state index contributed by atoms with van der Waals surface area (Å²) in [7, 11) is 3.26. The highest BCUT2D eigenvalue weighted by atomic mass is 16.5. The van der Waals surface area contributed by atoms with Crippen LogP contribution in [0.3, 0.4) is 0 Å². The second-order valence-electron chi connectivity index (χ2n) is 8.42. The summed E-state index contributed by atoms with van der Waals surface area (Å²) in [5.74, 6) is 1.29. The Kier molecular flexibility index (Phi) is 8.97. The number of carbonyl (C=O) groups excluding carboxylic acids is 1. The van der Waals surface area contributed by atoms with Crippen LogP contribution >= 0.6 is 0 Å². The summed E-state index contributed by atoms with van der Waals surface area (Å²) in [6.45, 7) is 10.9. The van der Waals surface area contributed by atoms with Gasteiger partial charge in [-0.3, -0.25) is 9.69 Å². The number of hydrogen-bond donors (Lipinski definition) is 1. The van der Waals surface area contributed by atoms with Gasteiger partial charge in [0.25, 0.3) is 5.91 Å². The van der Waals surface area contributed by atoms with E-state index < -0.39 is 0 Å². The lowest BCUT2D eigenvalue weighted by Gasteiger charge is -2.35. The summed E-state index contributed by atoms with van der Waals surface area (Å²) in [6.07, 6.45) is 0. The molecule has 0 saturated carbocycles. The third-order valence-corrected chi connectivity index (χ3v) is 6.16. The maximum absolute atomic E-state index is 13.0. The molecular weight excluding hydrogens is 418 g/mol. The van der Waals surface area contributed by atoms with E-state index in [9.17, 15) is 4.79 Å². The lowest BCUT2D eigenvalue weighted by atomic mass is 10.0. The molecule has 1 unspecified atom stereocenters. The highest BCUT2D eigenvalue weighted by Gasteiger charge is 2.24. The number of hydrogen-bond acceptors (Lipinski definition) is 6. The smallest absolute Gasteiger partial charge is 0.251 e. The molecule has 3 rings (SSSR count). The molecule has 0 aromatic heterocycles. The van der Waals surface area contributed by atoms with Crippen LogP contribution in [0.15, 0.2) is 42.5 Å². The van der Waals surface area contributed by atoms with E-state index in [1.165, 1.54) is 0 Å². The first-order valence-corrected chi connectivity index (χ1v) is 11.7. The van der Waals surface area contributed by atoms with Gasteiger partial charge in [0.05, 0.1) is 33.5 Å². The summed E-state index contributed by atoms with van der Waals surface area (Å²) in [6, 6.07) is 14.2. The second-order valence-corrected chi connectivity index (χ2v) is 8.42. The number of ether oxygens (including phenoxy) is 3. The quantitative estimate of drug-likeness (QED) is 0.589. The fourth-order valence-electron chi connectivity index (χ4n) is 4.35. The number of rotatable bonds is 10. The summed E-state index contributed by atoms with van der Waals surface area (Å²) in [5, 5.41) is 3.14. The molecule has 180 valence electrons. The Balaban J connectivity index is 1.75. The highest BCUT2D eigenvalue weighted by Crippen LogP contribution is 2.32. The van der Waals surface area contributed by atoms with Crippen LogP contribution in [0, 0.1) is 0 Å². The van der Waals surface area contributed by atoms with Gasteiger partial charge in [0.15, 0.2) is 11.5 Å². The van der Waals surface area contributed by atoms with Crippen molar-refractivity contribution in [2.75, 3.05) is 58.5 Å². The Bertz CT molecular complexity index is 895. The highest BCUT2D eigenvalue weighted by molar-refractivity contribution is 5.94. The maximum atomic E-state index is 13.0. The van der Waals surface area contributed by atoms with Crippen LogP contribution in [0.25, 0.3) is 0 Å². The predicted molar refractivity (Wildman–Crippen MR) is 132 cm³/mol. The molecule has 0 spiro atoms. The third kappa shape index (κ3) is 6.18. The molecule has 7 heteroatoms. The summed E-state index contributed by atoms with van der Waals surface area (Å²) < 4.78 is 16.4. The average Bonchev–Trinajstić information content (AvgIpc) is 2.85. The van der Waals surface area contributed by atoms with Gasteiger partial charge in [-0.15, -0.1) is 0 Å². The molecule has 1 aliphatic heterocycles. The zero-order valence-electron chi connectivity index (χ0n) is 20.5. The van der Waals surface area contributed by atoms with Gasteiger partial charge in [-0.05, 0) is 62.7 Å². The molecular formula is C26H37N3O4. The molecule has 33 heavy (non-hydrogen) atoms. The van der Waals surface area contributed by atoms with Gasteiger partial charge in [0.2, 0.25) is 0 Å². The third-order valence-electron chi connectivity index (χ3n) is 6.16. The first-order valence-electron chi connectivity index (χ1n) is 11.7. The first kappa shape index (κ1) is 24.9. The molecule has 1 aliphatic rings. The normalized spacial score (nSPS) is 15.2. The van der Waals surface area contributed by atoms with Crippen molar-refractivity contribution in [2.45, 2.75) is 32.9 Å². The van der Waals surface area contributed by atoms with Gasteiger partial charge < -0.3 is 24.4 Å². The molecule has 0 aliphatic carbocycles. The van der Waals surface area contributed by atoms with E-state index >= 15 is 0 Å². The molecule has 2 aromatic rings. The Morgan fingerprint density at radius 2 is 1.73 bits per heavy atom. The number of benzene rings is 2. The van der Waals surface area contributed by atoms with Gasteiger partial charge in [-0.1, -0.05) is 6.07 Å². The minimum Gasteiger partial charge on any atom is -0.493 e. The van der Waals surface area contributed by atoms with E-state index in [2.05, 4.69) is 35.9 Å². The van der Waals surface area contributed by atoms with E-state index in [0.717, 1.165) is 30.9 Å². The van der Waals surface area contributed by atoms with Gasteiger partial charge >= 0.3 is 0 Å². The lowest BCUT2D eigenvalue weighted by molar-refractivity contribution is 0.0162. The second kappa shape index (κ2) is 11.9. The van der Waals surface area contributed by atoms with Crippen LogP contribution in [0.5, 0.6) is 11.5 Å². The van der Waals surface area contributed by atoms with E-state index in [0.29, 0.717) is 42.9 Å². The number of carbonyl (C=O) groups is 1. The molecule has 1 amide bonds. The van der Waals surface area contributed by atoms with Crippen LogP contribution in [0.2, 0.25) is 0 Å². The standard InChI is InChI=1S/C26H37N3O4/c1-6-29(19(2)3)22-10-7-20(8-11-22)26(30)27-18-23(28-13-15-33-16-14-28)21-9-12-24(31-4)25(17-21)32-5/h7-12,17,19,23H,6,13-16,18H2,1-5H3,(H,27,30). The zero-order valence-corrected chi connectivity index (χ0v) is 20.5. The number of nitrogens with one attached hydrogen (secondary N) is 1. The van der Waals surface area contributed by atoms with E-state index in [4.69, 9.17) is 14.2 Å². The van der Waals surface area contributed by atoms with Crippen molar-refractivity contribution in [3.05, 3.63) is 53.6 Å². The molecule has 2 aromatic carbocycles. The van der Waals surface area contributed by atoms with Crippen LogP contribution < -0.4 is 19.7 Å². The van der Waals surface area contributed by atoms with Crippen molar-refractivity contribution in [1.82, 2.24) is 10.2 Å². The molecule has 0 radical (unpaired) electrons. The summed E-state index contributed by atoms with van der Waals surface area (Å²) in [5.41, 5.74) is 2.85. The molecule has 0 bridgehead atoms. The van der Waals surface area contributed by atoms with Gasteiger partial charge in [0.1, 0.15) is 0 Å². The van der Waals surface area contributed by atoms with Gasteiger partial charge in [-0.25, -0.2) is 0 Å². The van der Waals surface area contributed by atoms with Crippen molar-refractivity contribution >= 4 is 11.6 Å². The van der Waals surface area contributed by atoms with Crippen LogP contribution in [-0.4, -0.2) is 70.5 Å². The van der Waals surface area contributed by atoms with Crippen LogP contribution in [0.4, 0.5) is 5.69 Å². The monoisotopic (exact) mass is 455 g/mol. The zero-order chi connectivity index (χ0) is 23.8. The Labute approximate surface area is 197 Å². The van der Waals surface area contributed by atoms with E-state index in [-0.39, 0.29) is 11.9 Å². The van der Waals surface area contributed by atoms with Crippen LogP contribution in [-0.2, 0) is 4.74 Å². The van der Waals surface area contributed by atoms with Gasteiger partial charge in [-0.2, -0.15) is 0 Å². The number of morpholine rings is 1. The Hall–Kier alpha value is -2.77. The molecule has 7 nitrogen and oxygen atoms in total. The van der Waals surface area contributed by atoms with Crippen molar-refractivity contribution < 1.29 is 19.0 Å². The van der Waals surface area contributed by atoms with Gasteiger partial charge in [0, 0.05) is 43.5 Å². The minimum absolute atomic E-state index is 0.00783.